The molecular weight excluding hydrogens is 735 g/mol. The van der Waals surface area contributed by atoms with Gasteiger partial charge in [0.1, 0.15) is 0 Å². The molecule has 0 amide bonds. The van der Waals surface area contributed by atoms with Crippen LogP contribution in [0.1, 0.15) is 47.2 Å². The van der Waals surface area contributed by atoms with Crippen LogP contribution in [0.15, 0.2) is 212 Å². The van der Waals surface area contributed by atoms with Gasteiger partial charge in [-0.15, -0.1) is 0 Å². The van der Waals surface area contributed by atoms with Gasteiger partial charge in [0.15, 0.2) is 0 Å². The van der Waals surface area contributed by atoms with E-state index < -0.39 is 5.41 Å². The van der Waals surface area contributed by atoms with Crippen LogP contribution in [0.3, 0.4) is 0 Å². The Hall–Kier alpha value is -7.48. The highest BCUT2D eigenvalue weighted by atomic mass is 15.1. The third-order valence-corrected chi connectivity index (χ3v) is 14.2. The molecule has 61 heavy (non-hydrogen) atoms. The third kappa shape index (κ3) is 4.61. The first-order valence-electron chi connectivity index (χ1n) is 21.5. The van der Waals surface area contributed by atoms with Gasteiger partial charge in [-0.3, -0.25) is 0 Å². The van der Waals surface area contributed by atoms with Crippen LogP contribution in [0.25, 0.3) is 66.1 Å². The molecule has 286 valence electrons. The molecule has 10 aromatic rings. The van der Waals surface area contributed by atoms with Crippen molar-refractivity contribution < 1.29 is 0 Å². The minimum Gasteiger partial charge on any atom is -0.310 e. The summed E-state index contributed by atoms with van der Waals surface area (Å²) in [5, 5.41) is 5.01. The van der Waals surface area contributed by atoms with Gasteiger partial charge in [0, 0.05) is 22.4 Å². The standard InChI is InChI=1S/C60H41N/c1-59(2)51-33-29-41(38-16-4-3-5-17-38)35-50(51)57-56(36-42-20-8-9-21-45(42)58(57)59)61(43-30-28-39-18-6-7-19-40(39)34-43)44-31-32-49-48-24-12-15-27-54(48)60(55(49)37-44)52-25-13-10-22-46(52)47-23-11-14-26-53(47)60/h3-37H,1-2H3. The molecule has 3 aliphatic rings. The second-order valence-corrected chi connectivity index (χ2v) is 17.6. The first kappa shape index (κ1) is 34.4. The lowest BCUT2D eigenvalue weighted by Crippen LogP contribution is -2.26. The van der Waals surface area contributed by atoms with Crippen LogP contribution in [0, 0.1) is 0 Å². The van der Waals surface area contributed by atoms with Crippen LogP contribution in [0.5, 0.6) is 0 Å². The number of nitrogens with zero attached hydrogens (tertiary/aromatic N) is 1. The highest BCUT2D eigenvalue weighted by molar-refractivity contribution is 6.07. The quantitative estimate of drug-likeness (QED) is 0.172. The van der Waals surface area contributed by atoms with Gasteiger partial charge in [-0.05, 0) is 130 Å². The van der Waals surface area contributed by atoms with E-state index in [1.54, 1.807) is 0 Å². The van der Waals surface area contributed by atoms with Crippen LogP contribution >= 0.6 is 0 Å². The maximum atomic E-state index is 2.57. The first-order chi connectivity index (χ1) is 30.0. The van der Waals surface area contributed by atoms with Crippen molar-refractivity contribution in [1.82, 2.24) is 0 Å². The molecule has 0 aliphatic heterocycles. The fourth-order valence-electron chi connectivity index (χ4n) is 11.6. The van der Waals surface area contributed by atoms with E-state index in [1.165, 1.54) is 105 Å². The molecule has 0 fully saturated rings. The van der Waals surface area contributed by atoms with Gasteiger partial charge >= 0.3 is 0 Å². The topological polar surface area (TPSA) is 3.24 Å². The summed E-state index contributed by atoms with van der Waals surface area (Å²) < 4.78 is 0. The van der Waals surface area contributed by atoms with Crippen molar-refractivity contribution in [3.05, 3.63) is 246 Å². The van der Waals surface area contributed by atoms with Gasteiger partial charge in [-0.25, -0.2) is 0 Å². The van der Waals surface area contributed by atoms with Gasteiger partial charge in [0.05, 0.1) is 11.1 Å². The fraction of sp³-hybridized carbons (Fsp3) is 0.0667. The molecule has 1 heteroatoms. The van der Waals surface area contributed by atoms with Gasteiger partial charge in [-0.1, -0.05) is 190 Å². The summed E-state index contributed by atoms with van der Waals surface area (Å²) in [5.74, 6) is 0. The van der Waals surface area contributed by atoms with Gasteiger partial charge in [0.2, 0.25) is 0 Å². The zero-order chi connectivity index (χ0) is 40.5. The lowest BCUT2D eigenvalue weighted by molar-refractivity contribution is 0.666. The second-order valence-electron chi connectivity index (χ2n) is 17.6. The summed E-state index contributed by atoms with van der Waals surface area (Å²) in [6.07, 6.45) is 0. The molecule has 0 saturated carbocycles. The van der Waals surface area contributed by atoms with E-state index in [-0.39, 0.29) is 5.41 Å². The number of anilines is 3. The average Bonchev–Trinajstić information content (AvgIpc) is 3.87. The Balaban J connectivity index is 1.14. The molecule has 3 aliphatic carbocycles. The second kappa shape index (κ2) is 12.5. The van der Waals surface area contributed by atoms with Crippen molar-refractivity contribution in [1.29, 1.82) is 0 Å². The molecular formula is C60H41N. The van der Waals surface area contributed by atoms with Crippen molar-refractivity contribution >= 4 is 38.6 Å². The number of hydrogen-bond donors (Lipinski definition) is 0. The van der Waals surface area contributed by atoms with E-state index in [0.717, 1.165) is 11.4 Å². The van der Waals surface area contributed by atoms with E-state index in [9.17, 15) is 0 Å². The Labute approximate surface area is 356 Å². The molecule has 13 rings (SSSR count). The zero-order valence-corrected chi connectivity index (χ0v) is 34.2. The zero-order valence-electron chi connectivity index (χ0n) is 34.2. The van der Waals surface area contributed by atoms with Crippen molar-refractivity contribution in [3.63, 3.8) is 0 Å². The molecule has 10 aromatic carbocycles. The van der Waals surface area contributed by atoms with Crippen LogP contribution in [-0.2, 0) is 10.8 Å². The predicted octanol–water partition coefficient (Wildman–Crippen LogP) is 15.8. The Bertz CT molecular complexity index is 3400. The fourth-order valence-corrected chi connectivity index (χ4v) is 11.6. The predicted molar refractivity (Wildman–Crippen MR) is 255 cm³/mol. The normalized spacial score (nSPS) is 14.3. The Morgan fingerprint density at radius 2 is 0.902 bits per heavy atom. The molecule has 0 N–H and O–H groups in total. The van der Waals surface area contributed by atoms with E-state index in [0.29, 0.717) is 0 Å². The smallest absolute Gasteiger partial charge is 0.0726 e. The van der Waals surface area contributed by atoms with Crippen LogP contribution in [-0.4, -0.2) is 0 Å². The van der Waals surface area contributed by atoms with Gasteiger partial charge in [-0.2, -0.15) is 0 Å². The van der Waals surface area contributed by atoms with E-state index in [4.69, 9.17) is 0 Å². The minimum absolute atomic E-state index is 0.231. The van der Waals surface area contributed by atoms with Gasteiger partial charge in [0.25, 0.3) is 0 Å². The van der Waals surface area contributed by atoms with Crippen molar-refractivity contribution in [2.45, 2.75) is 24.7 Å². The Morgan fingerprint density at radius 3 is 1.61 bits per heavy atom. The van der Waals surface area contributed by atoms with Crippen LogP contribution in [0.2, 0.25) is 0 Å². The van der Waals surface area contributed by atoms with E-state index >= 15 is 0 Å². The lowest BCUT2D eigenvalue weighted by Gasteiger charge is -2.33. The lowest BCUT2D eigenvalue weighted by atomic mass is 9.70. The van der Waals surface area contributed by atoms with Crippen molar-refractivity contribution in [2.75, 3.05) is 4.90 Å². The van der Waals surface area contributed by atoms with Crippen LogP contribution in [0.4, 0.5) is 17.1 Å². The minimum atomic E-state index is -0.450. The largest absolute Gasteiger partial charge is 0.310 e. The third-order valence-electron chi connectivity index (χ3n) is 14.2. The van der Waals surface area contributed by atoms with E-state index in [1.807, 2.05) is 0 Å². The molecule has 0 unspecified atom stereocenters. The van der Waals surface area contributed by atoms with Gasteiger partial charge < -0.3 is 4.90 Å². The monoisotopic (exact) mass is 775 g/mol. The summed E-state index contributed by atoms with van der Waals surface area (Å²) in [7, 11) is 0. The molecule has 0 heterocycles. The molecule has 0 radical (unpaired) electrons. The van der Waals surface area contributed by atoms with Crippen LogP contribution < -0.4 is 4.90 Å². The molecule has 1 spiro atoms. The number of rotatable bonds is 4. The molecule has 1 nitrogen and oxygen atoms in total. The highest BCUT2D eigenvalue weighted by Gasteiger charge is 2.52. The Kier molecular flexibility index (Phi) is 7.06. The number of benzene rings is 10. The molecule has 0 aromatic heterocycles. The summed E-state index contributed by atoms with van der Waals surface area (Å²) in [6.45, 7) is 4.84. The number of fused-ring (bicyclic) bond motifs is 16. The maximum absolute atomic E-state index is 2.57. The maximum Gasteiger partial charge on any atom is 0.0726 e. The highest BCUT2D eigenvalue weighted by Crippen LogP contribution is 2.64. The summed E-state index contributed by atoms with van der Waals surface area (Å²) in [6, 6.07) is 79.8. The summed E-state index contributed by atoms with van der Waals surface area (Å²) in [4.78, 5) is 2.57. The Morgan fingerprint density at radius 1 is 0.344 bits per heavy atom. The number of hydrogen-bond acceptors (Lipinski definition) is 1. The van der Waals surface area contributed by atoms with E-state index in [2.05, 4.69) is 231 Å². The molecule has 0 bridgehead atoms. The first-order valence-corrected chi connectivity index (χ1v) is 21.5. The van der Waals surface area contributed by atoms with Crippen molar-refractivity contribution in [2.24, 2.45) is 0 Å². The molecule has 0 atom stereocenters. The SMILES string of the molecule is CC1(C)c2ccc(-c3ccccc3)cc2-c2c(N(c3ccc4c(c3)C3(c5ccccc5-c5ccccc53)c3ccccc3-4)c3ccc4ccccc4c3)cc3ccccc3c21. The van der Waals surface area contributed by atoms with Crippen molar-refractivity contribution in [3.8, 4) is 44.5 Å². The average molecular weight is 776 g/mol. The summed E-state index contributed by atoms with van der Waals surface area (Å²) >= 11 is 0. The molecule has 0 saturated heterocycles. The summed E-state index contributed by atoms with van der Waals surface area (Å²) in [5.41, 5.74) is 21.2.